The Bertz CT molecular complexity index is 1030. The lowest BCUT2D eigenvalue weighted by atomic mass is 9.83. The van der Waals surface area contributed by atoms with E-state index >= 15 is 0 Å². The Hall–Kier alpha value is -2.02. The van der Waals surface area contributed by atoms with Crippen LogP contribution in [0.2, 0.25) is 0 Å². The maximum absolute atomic E-state index is 10.3. The van der Waals surface area contributed by atoms with Crippen molar-refractivity contribution in [3.05, 3.63) is 41.6 Å². The summed E-state index contributed by atoms with van der Waals surface area (Å²) in [6.07, 6.45) is 7.44. The van der Waals surface area contributed by atoms with Gasteiger partial charge in [0.25, 0.3) is 0 Å². The van der Waals surface area contributed by atoms with E-state index in [0.717, 1.165) is 68.7 Å². The number of aromatic nitrogens is 2. The Morgan fingerprint density at radius 1 is 1.03 bits per heavy atom. The van der Waals surface area contributed by atoms with E-state index in [2.05, 4.69) is 34.1 Å². The van der Waals surface area contributed by atoms with Crippen molar-refractivity contribution >= 4 is 5.82 Å². The first-order valence-corrected chi connectivity index (χ1v) is 12.5. The summed E-state index contributed by atoms with van der Waals surface area (Å²) in [4.78, 5) is 15.3. The maximum Gasteiger partial charge on any atom is 0.161 e. The third-order valence-corrected chi connectivity index (χ3v) is 8.86. The Balaban J connectivity index is 1.25. The molecule has 1 spiro atoms. The zero-order valence-corrected chi connectivity index (χ0v) is 18.6. The van der Waals surface area contributed by atoms with E-state index in [1.807, 2.05) is 6.07 Å². The smallest absolute Gasteiger partial charge is 0.161 e. The normalized spacial score (nSPS) is 33.9. The Morgan fingerprint density at radius 3 is 2.69 bits per heavy atom. The SMILES string of the molecule is OC[C@H]1[C@H]2CN(c3nc(-c4ccccc4)nc4c3CCC4)C[C@]23CN(C2CCC2)C[C@H]1O3. The molecule has 168 valence electrons. The lowest BCUT2D eigenvalue weighted by Crippen LogP contribution is -2.58. The second kappa shape index (κ2) is 7.24. The molecule has 7 rings (SSSR count). The average Bonchev–Trinajstić information content (AvgIpc) is 3.43. The molecule has 2 bridgehead atoms. The molecule has 1 aromatic carbocycles. The van der Waals surface area contributed by atoms with Crippen LogP contribution in [-0.2, 0) is 17.6 Å². The average molecular weight is 433 g/mol. The van der Waals surface area contributed by atoms with Gasteiger partial charge in [-0.25, -0.2) is 9.97 Å². The van der Waals surface area contributed by atoms with E-state index < -0.39 is 0 Å². The van der Waals surface area contributed by atoms with Crippen molar-refractivity contribution in [2.45, 2.75) is 56.3 Å². The number of ether oxygens (including phenoxy) is 1. The zero-order chi connectivity index (χ0) is 21.3. The van der Waals surface area contributed by atoms with Gasteiger partial charge in [-0.15, -0.1) is 0 Å². The molecule has 1 N–H and O–H groups in total. The van der Waals surface area contributed by atoms with Crippen LogP contribution < -0.4 is 4.90 Å². The molecular formula is C26H32N4O2. The van der Waals surface area contributed by atoms with Gasteiger partial charge >= 0.3 is 0 Å². The van der Waals surface area contributed by atoms with Crippen molar-refractivity contribution in [2.24, 2.45) is 11.8 Å². The number of nitrogens with zero attached hydrogens (tertiary/aromatic N) is 4. The number of morpholine rings is 1. The number of aryl methyl sites for hydroxylation is 1. The van der Waals surface area contributed by atoms with Crippen molar-refractivity contribution in [3.63, 3.8) is 0 Å². The Kier molecular flexibility index (Phi) is 4.40. The van der Waals surface area contributed by atoms with Crippen LogP contribution in [-0.4, -0.2) is 70.5 Å². The number of rotatable bonds is 4. The predicted octanol–water partition coefficient (Wildman–Crippen LogP) is 2.68. The first-order chi connectivity index (χ1) is 15.7. The summed E-state index contributed by atoms with van der Waals surface area (Å²) in [5.74, 6) is 2.56. The van der Waals surface area contributed by atoms with Crippen molar-refractivity contribution < 1.29 is 9.84 Å². The molecule has 3 aliphatic heterocycles. The highest BCUT2D eigenvalue weighted by Crippen LogP contribution is 2.51. The topological polar surface area (TPSA) is 61.7 Å². The summed E-state index contributed by atoms with van der Waals surface area (Å²) in [5, 5.41) is 10.3. The highest BCUT2D eigenvalue weighted by Gasteiger charge is 2.63. The van der Waals surface area contributed by atoms with Gasteiger partial charge in [0, 0.05) is 60.9 Å². The molecule has 1 saturated carbocycles. The number of benzene rings is 1. The zero-order valence-electron chi connectivity index (χ0n) is 18.6. The fourth-order valence-electron chi connectivity index (χ4n) is 7.05. The van der Waals surface area contributed by atoms with Crippen LogP contribution in [0.15, 0.2) is 30.3 Å². The lowest BCUT2D eigenvalue weighted by Gasteiger charge is -2.46. The molecule has 4 fully saturated rings. The molecule has 1 aromatic heterocycles. The van der Waals surface area contributed by atoms with Crippen LogP contribution in [0.25, 0.3) is 11.4 Å². The number of aliphatic hydroxyl groups excluding tert-OH is 1. The van der Waals surface area contributed by atoms with Gasteiger partial charge in [0.2, 0.25) is 0 Å². The van der Waals surface area contributed by atoms with Crippen LogP contribution in [0.1, 0.15) is 36.9 Å². The van der Waals surface area contributed by atoms with Gasteiger partial charge in [-0.2, -0.15) is 0 Å². The monoisotopic (exact) mass is 432 g/mol. The van der Waals surface area contributed by atoms with Crippen LogP contribution >= 0.6 is 0 Å². The van der Waals surface area contributed by atoms with Gasteiger partial charge < -0.3 is 14.7 Å². The second-order valence-electron chi connectivity index (χ2n) is 10.6. The Labute approximate surface area is 189 Å². The molecule has 0 radical (unpaired) electrons. The molecule has 3 saturated heterocycles. The molecule has 32 heavy (non-hydrogen) atoms. The van der Waals surface area contributed by atoms with E-state index in [1.165, 1.54) is 30.5 Å². The highest BCUT2D eigenvalue weighted by molar-refractivity contribution is 5.62. The summed E-state index contributed by atoms with van der Waals surface area (Å²) in [5.41, 5.74) is 3.47. The van der Waals surface area contributed by atoms with Crippen LogP contribution in [0.5, 0.6) is 0 Å². The van der Waals surface area contributed by atoms with Crippen molar-refractivity contribution in [1.29, 1.82) is 0 Å². The van der Waals surface area contributed by atoms with Gasteiger partial charge in [-0.05, 0) is 32.1 Å². The van der Waals surface area contributed by atoms with E-state index in [-0.39, 0.29) is 24.2 Å². The molecule has 6 heteroatoms. The van der Waals surface area contributed by atoms with Gasteiger partial charge in [-0.3, -0.25) is 4.90 Å². The number of aliphatic hydroxyl groups is 1. The standard InChI is InChI=1S/C26H32N4O2/c31-14-20-21-12-30(16-26(21)15-29(13-23(20)32-26)18-8-4-9-18)25-19-10-5-11-22(19)27-24(28-25)17-6-2-1-3-7-17/h1-3,6-7,18,20-21,23,31H,4-5,8-16H2/t20-,21+,23+,26+/m0/s1. The number of hydrogen-bond acceptors (Lipinski definition) is 6. The first-order valence-electron chi connectivity index (χ1n) is 12.5. The van der Waals surface area contributed by atoms with E-state index in [4.69, 9.17) is 14.7 Å². The fraction of sp³-hybridized carbons (Fsp3) is 0.615. The predicted molar refractivity (Wildman–Crippen MR) is 123 cm³/mol. The molecule has 4 atom stereocenters. The third-order valence-electron chi connectivity index (χ3n) is 8.86. The van der Waals surface area contributed by atoms with Crippen molar-refractivity contribution in [2.75, 3.05) is 37.7 Å². The summed E-state index contributed by atoms with van der Waals surface area (Å²) in [7, 11) is 0. The number of fused-ring (bicyclic) bond motifs is 2. The molecule has 6 nitrogen and oxygen atoms in total. The quantitative estimate of drug-likeness (QED) is 0.802. The van der Waals surface area contributed by atoms with E-state index in [9.17, 15) is 5.11 Å². The van der Waals surface area contributed by atoms with Gasteiger partial charge in [0.15, 0.2) is 5.82 Å². The lowest BCUT2D eigenvalue weighted by molar-refractivity contribution is -0.127. The number of anilines is 1. The van der Waals surface area contributed by atoms with Gasteiger partial charge in [0.05, 0.1) is 12.6 Å². The van der Waals surface area contributed by atoms with Crippen molar-refractivity contribution in [3.8, 4) is 11.4 Å². The van der Waals surface area contributed by atoms with E-state index in [0.29, 0.717) is 5.92 Å². The highest BCUT2D eigenvalue weighted by atomic mass is 16.5. The Morgan fingerprint density at radius 2 is 1.91 bits per heavy atom. The molecule has 0 amide bonds. The maximum atomic E-state index is 10.3. The molecule has 4 heterocycles. The second-order valence-corrected chi connectivity index (χ2v) is 10.6. The minimum absolute atomic E-state index is 0.171. The minimum Gasteiger partial charge on any atom is -0.396 e. The summed E-state index contributed by atoms with van der Waals surface area (Å²) >= 11 is 0. The molecule has 5 aliphatic rings. The fourth-order valence-corrected chi connectivity index (χ4v) is 7.05. The summed E-state index contributed by atoms with van der Waals surface area (Å²) in [6.45, 7) is 4.03. The molecule has 0 unspecified atom stereocenters. The number of hydrogen-bond donors (Lipinski definition) is 1. The van der Waals surface area contributed by atoms with Crippen molar-refractivity contribution in [1.82, 2.24) is 14.9 Å². The number of likely N-dealkylation sites (tertiary alicyclic amines) is 1. The van der Waals surface area contributed by atoms with Gasteiger partial charge in [-0.1, -0.05) is 36.8 Å². The summed E-state index contributed by atoms with van der Waals surface area (Å²) in [6, 6.07) is 11.1. The van der Waals surface area contributed by atoms with Crippen LogP contribution in [0.3, 0.4) is 0 Å². The molecular weight excluding hydrogens is 400 g/mol. The first kappa shape index (κ1) is 19.4. The molecule has 2 aromatic rings. The largest absolute Gasteiger partial charge is 0.396 e. The van der Waals surface area contributed by atoms with Gasteiger partial charge in [0.1, 0.15) is 11.4 Å². The van der Waals surface area contributed by atoms with Crippen LogP contribution in [0, 0.1) is 11.8 Å². The third kappa shape index (κ3) is 2.82. The molecule has 2 aliphatic carbocycles. The van der Waals surface area contributed by atoms with E-state index in [1.54, 1.807) is 0 Å². The minimum atomic E-state index is -0.171. The van der Waals surface area contributed by atoms with Crippen LogP contribution in [0.4, 0.5) is 5.82 Å². The summed E-state index contributed by atoms with van der Waals surface area (Å²) < 4.78 is 6.76.